The molecule has 0 radical (unpaired) electrons. The van der Waals surface area contributed by atoms with E-state index in [4.69, 9.17) is 4.74 Å². The summed E-state index contributed by atoms with van der Waals surface area (Å²) < 4.78 is 86.5. The molecule has 40 heavy (non-hydrogen) atoms. The predicted molar refractivity (Wildman–Crippen MR) is 139 cm³/mol. The van der Waals surface area contributed by atoms with Crippen LogP contribution in [0.3, 0.4) is 0 Å². The Morgan fingerprint density at radius 1 is 1.00 bits per heavy atom. The van der Waals surface area contributed by atoms with Gasteiger partial charge in [0.25, 0.3) is 0 Å². The summed E-state index contributed by atoms with van der Waals surface area (Å²) in [6, 6.07) is 4.25. The SMILES string of the molecule is CC(=O)N(Cc1cc(C(F)(F)F)cc(C(F)(F)F)c1)C1CCCN(C(=O)OC(C)C)c2c1cc(C)cc2N(C)C. The lowest BCUT2D eigenvalue weighted by Gasteiger charge is -2.34. The van der Waals surface area contributed by atoms with Gasteiger partial charge in [0.05, 0.1) is 34.6 Å². The Hall–Kier alpha value is -3.44. The largest absolute Gasteiger partial charge is 0.446 e. The summed E-state index contributed by atoms with van der Waals surface area (Å²) in [6.45, 7) is 6.22. The first-order valence-corrected chi connectivity index (χ1v) is 12.8. The van der Waals surface area contributed by atoms with E-state index < -0.39 is 54.2 Å². The van der Waals surface area contributed by atoms with Gasteiger partial charge in [0, 0.05) is 39.7 Å². The summed E-state index contributed by atoms with van der Waals surface area (Å²) in [7, 11) is 3.57. The van der Waals surface area contributed by atoms with Crippen LogP contribution < -0.4 is 9.80 Å². The average Bonchev–Trinajstić information content (AvgIpc) is 2.99. The first-order chi connectivity index (χ1) is 18.4. The molecule has 0 N–H and O–H groups in total. The molecule has 0 aliphatic carbocycles. The number of carbonyl (C=O) groups excluding carboxylic acids is 2. The molecule has 0 bridgehead atoms. The molecule has 0 spiro atoms. The molecular weight excluding hydrogens is 540 g/mol. The third-order valence-electron chi connectivity index (χ3n) is 6.57. The van der Waals surface area contributed by atoms with Crippen LogP contribution in [0.5, 0.6) is 0 Å². The van der Waals surface area contributed by atoms with E-state index in [2.05, 4.69) is 0 Å². The number of ether oxygens (including phenoxy) is 1. The second-order valence-corrected chi connectivity index (χ2v) is 10.4. The molecule has 0 saturated carbocycles. The number of amides is 2. The smallest absolute Gasteiger partial charge is 0.416 e. The third-order valence-corrected chi connectivity index (χ3v) is 6.57. The number of rotatable bonds is 5. The van der Waals surface area contributed by atoms with Gasteiger partial charge in [-0.25, -0.2) is 4.79 Å². The van der Waals surface area contributed by atoms with Crippen molar-refractivity contribution in [3.8, 4) is 0 Å². The van der Waals surface area contributed by atoms with Gasteiger partial charge in [-0.3, -0.25) is 9.69 Å². The monoisotopic (exact) mass is 573 g/mol. The summed E-state index contributed by atoms with van der Waals surface area (Å²) in [5, 5.41) is 0. The second-order valence-electron chi connectivity index (χ2n) is 10.4. The lowest BCUT2D eigenvalue weighted by molar-refractivity contribution is -0.143. The molecule has 0 saturated heterocycles. The molecule has 1 atom stereocenters. The van der Waals surface area contributed by atoms with Crippen molar-refractivity contribution in [1.29, 1.82) is 0 Å². The molecule has 1 aliphatic heterocycles. The number of benzene rings is 2. The highest BCUT2D eigenvalue weighted by Gasteiger charge is 2.38. The van der Waals surface area contributed by atoms with Crippen molar-refractivity contribution in [2.75, 3.05) is 30.4 Å². The van der Waals surface area contributed by atoms with Crippen LogP contribution >= 0.6 is 0 Å². The summed E-state index contributed by atoms with van der Waals surface area (Å²) in [5.74, 6) is -0.534. The van der Waals surface area contributed by atoms with E-state index in [-0.39, 0.29) is 18.2 Å². The molecule has 220 valence electrons. The van der Waals surface area contributed by atoms with Gasteiger partial charge in [-0.1, -0.05) is 6.07 Å². The van der Waals surface area contributed by atoms with Crippen molar-refractivity contribution in [2.45, 2.75) is 71.6 Å². The molecule has 2 aromatic rings. The molecule has 3 rings (SSSR count). The Morgan fingerprint density at radius 3 is 2.05 bits per heavy atom. The van der Waals surface area contributed by atoms with Crippen LogP contribution in [0.1, 0.15) is 67.5 Å². The predicted octanol–water partition coefficient (Wildman–Crippen LogP) is 7.33. The zero-order valence-corrected chi connectivity index (χ0v) is 23.2. The van der Waals surface area contributed by atoms with Gasteiger partial charge in [-0.2, -0.15) is 26.3 Å². The van der Waals surface area contributed by atoms with Crippen LogP contribution in [-0.4, -0.2) is 43.6 Å². The highest BCUT2D eigenvalue weighted by atomic mass is 19.4. The average molecular weight is 574 g/mol. The number of aryl methyl sites for hydroxylation is 1. The Kier molecular flexibility index (Phi) is 9.00. The Balaban J connectivity index is 2.19. The standard InChI is InChI=1S/C28H33F6N3O3/c1-16(2)40-26(39)36-9-7-8-23(22-10-17(3)11-24(25(22)36)35(5)6)37(18(4)38)15-19-12-20(27(29,30)31)14-21(13-19)28(32,33)34/h10-14,16,23H,7-9,15H2,1-6H3. The van der Waals surface area contributed by atoms with Gasteiger partial charge in [0.2, 0.25) is 5.91 Å². The molecule has 2 aromatic carbocycles. The van der Waals surface area contributed by atoms with E-state index in [9.17, 15) is 35.9 Å². The topological polar surface area (TPSA) is 53.1 Å². The van der Waals surface area contributed by atoms with E-state index in [1.165, 1.54) is 16.7 Å². The third kappa shape index (κ3) is 7.00. The summed E-state index contributed by atoms with van der Waals surface area (Å²) in [6.07, 6.45) is -10.3. The van der Waals surface area contributed by atoms with E-state index in [0.717, 1.165) is 5.56 Å². The van der Waals surface area contributed by atoms with Crippen molar-refractivity contribution in [1.82, 2.24) is 4.90 Å². The lowest BCUT2D eigenvalue weighted by atomic mass is 9.95. The molecule has 12 heteroatoms. The van der Waals surface area contributed by atoms with Gasteiger partial charge in [-0.05, 0) is 69.0 Å². The summed E-state index contributed by atoms with van der Waals surface area (Å²) in [5.41, 5.74) is -0.710. The number of carbonyl (C=O) groups is 2. The van der Waals surface area contributed by atoms with Crippen LogP contribution in [0.4, 0.5) is 42.5 Å². The molecule has 6 nitrogen and oxygen atoms in total. The number of anilines is 2. The highest BCUT2D eigenvalue weighted by molar-refractivity contribution is 5.94. The Morgan fingerprint density at radius 2 is 1.57 bits per heavy atom. The number of alkyl halides is 6. The zero-order chi connectivity index (χ0) is 30.2. The van der Waals surface area contributed by atoms with Gasteiger partial charge in [0.15, 0.2) is 0 Å². The van der Waals surface area contributed by atoms with Crippen LogP contribution in [0, 0.1) is 6.92 Å². The first kappa shape index (κ1) is 31.1. The Labute approximate surface area is 229 Å². The molecule has 0 aromatic heterocycles. The first-order valence-electron chi connectivity index (χ1n) is 12.8. The molecule has 0 fully saturated rings. The summed E-state index contributed by atoms with van der Waals surface area (Å²) >= 11 is 0. The van der Waals surface area contributed by atoms with E-state index in [0.29, 0.717) is 41.9 Å². The minimum atomic E-state index is -5.01. The summed E-state index contributed by atoms with van der Waals surface area (Å²) in [4.78, 5) is 30.6. The number of hydrogen-bond donors (Lipinski definition) is 0. The maximum atomic E-state index is 13.5. The zero-order valence-electron chi connectivity index (χ0n) is 23.2. The van der Waals surface area contributed by atoms with E-state index in [1.54, 1.807) is 38.9 Å². The molecule has 1 unspecified atom stereocenters. The minimum absolute atomic E-state index is 0.0630. The van der Waals surface area contributed by atoms with Crippen molar-refractivity contribution in [3.05, 3.63) is 58.1 Å². The minimum Gasteiger partial charge on any atom is -0.446 e. The van der Waals surface area contributed by atoms with Gasteiger partial charge < -0.3 is 14.5 Å². The van der Waals surface area contributed by atoms with Gasteiger partial charge >= 0.3 is 18.4 Å². The molecule has 1 heterocycles. The fraction of sp³-hybridized carbons (Fsp3) is 0.500. The molecule has 2 amide bonds. The number of nitrogens with zero attached hydrogens (tertiary/aromatic N) is 3. The van der Waals surface area contributed by atoms with Crippen molar-refractivity contribution in [3.63, 3.8) is 0 Å². The second kappa shape index (κ2) is 11.6. The fourth-order valence-electron chi connectivity index (χ4n) is 4.91. The van der Waals surface area contributed by atoms with Gasteiger partial charge in [-0.15, -0.1) is 0 Å². The molecule has 1 aliphatic rings. The molecular formula is C28H33F6N3O3. The maximum absolute atomic E-state index is 13.5. The van der Waals surface area contributed by atoms with Crippen LogP contribution in [0.25, 0.3) is 0 Å². The van der Waals surface area contributed by atoms with Crippen molar-refractivity contribution >= 4 is 23.4 Å². The highest BCUT2D eigenvalue weighted by Crippen LogP contribution is 2.44. The van der Waals surface area contributed by atoms with Crippen LogP contribution in [-0.2, 0) is 28.4 Å². The maximum Gasteiger partial charge on any atom is 0.416 e. The van der Waals surface area contributed by atoms with Crippen LogP contribution in [0.15, 0.2) is 30.3 Å². The van der Waals surface area contributed by atoms with Crippen LogP contribution in [0.2, 0.25) is 0 Å². The fourth-order valence-corrected chi connectivity index (χ4v) is 4.91. The lowest BCUT2D eigenvalue weighted by Crippen LogP contribution is -2.36. The quantitative estimate of drug-likeness (QED) is 0.352. The number of hydrogen-bond acceptors (Lipinski definition) is 4. The number of fused-ring (bicyclic) bond motifs is 1. The van der Waals surface area contributed by atoms with E-state index >= 15 is 0 Å². The van der Waals surface area contributed by atoms with Crippen molar-refractivity contribution < 1.29 is 40.7 Å². The Bertz CT molecular complexity index is 1220. The number of halogens is 6. The normalized spacial score (nSPS) is 15.9. The van der Waals surface area contributed by atoms with E-state index in [1.807, 2.05) is 13.0 Å². The van der Waals surface area contributed by atoms with Gasteiger partial charge in [0.1, 0.15) is 0 Å². The van der Waals surface area contributed by atoms with Crippen molar-refractivity contribution in [2.24, 2.45) is 0 Å².